The van der Waals surface area contributed by atoms with Crippen LogP contribution in [0.3, 0.4) is 0 Å². The first kappa shape index (κ1) is 20.7. The number of carbonyl (C=O) groups excluding carboxylic acids is 1. The van der Waals surface area contributed by atoms with Crippen LogP contribution in [-0.2, 0) is 6.42 Å². The van der Waals surface area contributed by atoms with Crippen molar-refractivity contribution >= 4 is 17.7 Å². The van der Waals surface area contributed by atoms with Gasteiger partial charge in [0.2, 0.25) is 0 Å². The van der Waals surface area contributed by atoms with E-state index in [4.69, 9.17) is 0 Å². The Morgan fingerprint density at radius 2 is 1.67 bits per heavy atom. The van der Waals surface area contributed by atoms with Crippen LogP contribution in [0.15, 0.2) is 89.8 Å². The molecule has 1 aliphatic heterocycles. The molecule has 0 saturated carbocycles. The lowest BCUT2D eigenvalue weighted by atomic mass is 9.86. The van der Waals surface area contributed by atoms with Gasteiger partial charge in [0.05, 0.1) is 6.04 Å². The molecule has 0 fully saturated rings. The summed E-state index contributed by atoms with van der Waals surface area (Å²) in [5.41, 5.74) is 6.22. The van der Waals surface area contributed by atoms with Crippen LogP contribution in [0.5, 0.6) is 0 Å². The van der Waals surface area contributed by atoms with Crippen LogP contribution in [0.2, 0.25) is 0 Å². The number of thioether (sulfide) groups is 1. The predicted octanol–water partition coefficient (Wildman–Crippen LogP) is 4.33. The number of hydrogen-bond acceptors (Lipinski definition) is 4. The van der Waals surface area contributed by atoms with Crippen molar-refractivity contribution in [1.29, 1.82) is 0 Å². The molecule has 2 N–H and O–H groups in total. The summed E-state index contributed by atoms with van der Waals surface area (Å²) in [5.74, 6) is 0.622. The molecule has 3 aromatic carbocycles. The zero-order chi connectivity index (χ0) is 20.8. The number of benzene rings is 3. The van der Waals surface area contributed by atoms with Crippen LogP contribution in [0.4, 0.5) is 0 Å². The van der Waals surface area contributed by atoms with E-state index in [-0.39, 0.29) is 24.5 Å². The quantitative estimate of drug-likeness (QED) is 0.561. The number of carbonyl (C=O) groups is 1. The minimum Gasteiger partial charge on any atom is -0.396 e. The van der Waals surface area contributed by atoms with Gasteiger partial charge < -0.3 is 5.11 Å². The first-order valence-corrected chi connectivity index (χ1v) is 11.2. The highest BCUT2D eigenvalue weighted by Crippen LogP contribution is 2.37. The summed E-state index contributed by atoms with van der Waals surface area (Å²) in [6.07, 6.45) is 0.867. The van der Waals surface area contributed by atoms with Crippen LogP contribution in [0, 0.1) is 5.92 Å². The van der Waals surface area contributed by atoms with E-state index in [2.05, 4.69) is 35.8 Å². The molecule has 4 rings (SSSR count). The Labute approximate surface area is 181 Å². The number of aliphatic hydroxyl groups excluding tert-OH is 1. The van der Waals surface area contributed by atoms with Gasteiger partial charge in [-0.25, -0.2) is 5.01 Å². The number of hydrazine groups is 1. The normalized spacial score (nSPS) is 17.2. The highest BCUT2D eigenvalue weighted by Gasteiger charge is 2.34. The van der Waals surface area contributed by atoms with Crippen LogP contribution < -0.4 is 5.43 Å². The molecule has 1 heterocycles. The fourth-order valence-electron chi connectivity index (χ4n) is 3.98. The summed E-state index contributed by atoms with van der Waals surface area (Å²) in [4.78, 5) is 14.0. The van der Waals surface area contributed by atoms with Crippen molar-refractivity contribution in [3.05, 3.63) is 102 Å². The summed E-state index contributed by atoms with van der Waals surface area (Å²) in [6, 6.07) is 27.8. The topological polar surface area (TPSA) is 52.6 Å². The molecule has 1 aliphatic rings. The first-order valence-electron chi connectivity index (χ1n) is 10.3. The van der Waals surface area contributed by atoms with Crippen molar-refractivity contribution in [1.82, 2.24) is 10.4 Å². The first-order chi connectivity index (χ1) is 14.8. The molecule has 0 bridgehead atoms. The Balaban J connectivity index is 1.58. The molecule has 154 valence electrons. The lowest BCUT2D eigenvalue weighted by Crippen LogP contribution is -2.51. The SMILES string of the molecule is O=C(NN1CCc2ccccc2[C@@H]1[C@@H](CO)CSc1ccccc1)c1ccccc1. The Bertz CT molecular complexity index is 965. The highest BCUT2D eigenvalue weighted by atomic mass is 32.2. The maximum absolute atomic E-state index is 12.8. The highest BCUT2D eigenvalue weighted by molar-refractivity contribution is 7.99. The van der Waals surface area contributed by atoms with E-state index in [0.29, 0.717) is 12.1 Å². The van der Waals surface area contributed by atoms with Gasteiger partial charge in [0.15, 0.2) is 0 Å². The zero-order valence-electron chi connectivity index (χ0n) is 16.8. The van der Waals surface area contributed by atoms with Gasteiger partial charge in [-0.2, -0.15) is 0 Å². The fourth-order valence-corrected chi connectivity index (χ4v) is 5.02. The second-order valence-electron chi connectivity index (χ2n) is 7.46. The van der Waals surface area contributed by atoms with Crippen molar-refractivity contribution in [3.8, 4) is 0 Å². The second-order valence-corrected chi connectivity index (χ2v) is 8.55. The molecule has 3 aromatic rings. The Morgan fingerprint density at radius 3 is 2.40 bits per heavy atom. The van der Waals surface area contributed by atoms with E-state index < -0.39 is 0 Å². The summed E-state index contributed by atoms with van der Waals surface area (Å²) < 4.78 is 0. The average Bonchev–Trinajstić information content (AvgIpc) is 2.81. The number of nitrogens with one attached hydrogen (secondary N) is 1. The van der Waals surface area contributed by atoms with Gasteiger partial charge >= 0.3 is 0 Å². The minimum absolute atomic E-state index is 0.0206. The van der Waals surface area contributed by atoms with Gasteiger partial charge in [0, 0.05) is 35.3 Å². The van der Waals surface area contributed by atoms with Crippen LogP contribution >= 0.6 is 11.8 Å². The summed E-state index contributed by atoms with van der Waals surface area (Å²) in [5, 5.41) is 12.3. The Hall–Kier alpha value is -2.60. The van der Waals surface area contributed by atoms with Crippen molar-refractivity contribution in [2.75, 3.05) is 18.9 Å². The molecule has 0 unspecified atom stereocenters. The molecular weight excluding hydrogens is 392 g/mol. The zero-order valence-corrected chi connectivity index (χ0v) is 17.6. The third kappa shape index (κ3) is 4.75. The maximum atomic E-state index is 12.8. The Morgan fingerprint density at radius 1 is 1.00 bits per heavy atom. The third-order valence-electron chi connectivity index (χ3n) is 5.50. The smallest absolute Gasteiger partial charge is 0.265 e. The monoisotopic (exact) mass is 418 g/mol. The average molecular weight is 419 g/mol. The summed E-state index contributed by atoms with van der Waals surface area (Å²) in [7, 11) is 0. The molecule has 5 heteroatoms. The minimum atomic E-state index is -0.118. The van der Waals surface area contributed by atoms with Crippen LogP contribution in [0.25, 0.3) is 0 Å². The molecule has 2 atom stereocenters. The molecule has 1 amide bonds. The van der Waals surface area contributed by atoms with E-state index in [1.807, 2.05) is 59.6 Å². The third-order valence-corrected chi connectivity index (χ3v) is 6.70. The molecular formula is C25H26N2O2S. The largest absolute Gasteiger partial charge is 0.396 e. The second kappa shape index (κ2) is 9.94. The van der Waals surface area contributed by atoms with Crippen LogP contribution in [0.1, 0.15) is 27.5 Å². The number of amides is 1. The lowest BCUT2D eigenvalue weighted by molar-refractivity contribution is 0.0434. The van der Waals surface area contributed by atoms with Gasteiger partial charge in [-0.3, -0.25) is 10.2 Å². The maximum Gasteiger partial charge on any atom is 0.265 e. The van der Waals surface area contributed by atoms with Crippen molar-refractivity contribution in [3.63, 3.8) is 0 Å². The van der Waals surface area contributed by atoms with E-state index in [0.717, 1.165) is 12.2 Å². The van der Waals surface area contributed by atoms with Gasteiger partial charge in [0.25, 0.3) is 5.91 Å². The molecule has 0 aromatic heterocycles. The fraction of sp³-hybridized carbons (Fsp3) is 0.240. The van der Waals surface area contributed by atoms with E-state index in [1.54, 1.807) is 11.8 Å². The van der Waals surface area contributed by atoms with Crippen LogP contribution in [-0.4, -0.2) is 34.9 Å². The molecule has 0 saturated heterocycles. The summed E-state index contributed by atoms with van der Waals surface area (Å²) >= 11 is 1.74. The molecule has 0 radical (unpaired) electrons. The lowest BCUT2D eigenvalue weighted by Gasteiger charge is -2.41. The number of rotatable bonds is 7. The predicted molar refractivity (Wildman–Crippen MR) is 121 cm³/mol. The van der Waals surface area contributed by atoms with Gasteiger partial charge in [-0.1, -0.05) is 60.7 Å². The molecule has 0 aliphatic carbocycles. The number of aliphatic hydroxyl groups is 1. The van der Waals surface area contributed by atoms with Crippen molar-refractivity contribution in [2.45, 2.75) is 17.4 Å². The van der Waals surface area contributed by atoms with Gasteiger partial charge in [0.1, 0.15) is 0 Å². The Kier molecular flexibility index (Phi) is 6.84. The number of fused-ring (bicyclic) bond motifs is 1. The summed E-state index contributed by atoms with van der Waals surface area (Å²) in [6.45, 7) is 0.767. The molecule has 30 heavy (non-hydrogen) atoms. The van der Waals surface area contributed by atoms with Gasteiger partial charge in [-0.05, 0) is 41.8 Å². The van der Waals surface area contributed by atoms with Crippen molar-refractivity contribution in [2.24, 2.45) is 5.92 Å². The van der Waals surface area contributed by atoms with Crippen molar-refractivity contribution < 1.29 is 9.90 Å². The molecule has 0 spiro atoms. The standard InChI is InChI=1S/C25H26N2O2S/c28-17-21(18-30-22-12-5-2-6-13-22)24-23-14-8-7-9-19(23)15-16-27(24)26-25(29)20-10-3-1-4-11-20/h1-14,21,24,28H,15-18H2,(H,26,29)/t21-,24-/m0/s1. The van der Waals surface area contributed by atoms with Gasteiger partial charge in [-0.15, -0.1) is 11.8 Å². The number of nitrogens with zero attached hydrogens (tertiary/aromatic N) is 1. The van der Waals surface area contributed by atoms with E-state index >= 15 is 0 Å². The van der Waals surface area contributed by atoms with E-state index in [9.17, 15) is 9.90 Å². The van der Waals surface area contributed by atoms with E-state index in [1.165, 1.54) is 16.0 Å². The number of hydrogen-bond donors (Lipinski definition) is 2. The molecule has 4 nitrogen and oxygen atoms in total.